The van der Waals surface area contributed by atoms with Gasteiger partial charge in [0.05, 0.1) is 11.4 Å². The maximum absolute atomic E-state index is 12.3. The second kappa shape index (κ2) is 6.89. The molecule has 0 spiro atoms. The van der Waals surface area contributed by atoms with Crippen molar-refractivity contribution >= 4 is 34.7 Å². The van der Waals surface area contributed by atoms with E-state index in [1.54, 1.807) is 11.1 Å². The molecule has 0 atom stereocenters. The number of nitrogens with zero attached hydrogens (tertiary/aromatic N) is 3. The van der Waals surface area contributed by atoms with Crippen molar-refractivity contribution < 1.29 is 4.79 Å². The van der Waals surface area contributed by atoms with E-state index in [0.29, 0.717) is 16.8 Å². The smallest absolute Gasteiger partial charge is 0.243 e. The summed E-state index contributed by atoms with van der Waals surface area (Å²) < 4.78 is 0. The van der Waals surface area contributed by atoms with Crippen molar-refractivity contribution in [3.63, 3.8) is 0 Å². The molecule has 2 rings (SSSR count). The van der Waals surface area contributed by atoms with Crippen molar-refractivity contribution in [3.05, 3.63) is 29.3 Å². The van der Waals surface area contributed by atoms with E-state index in [4.69, 9.17) is 0 Å². The van der Waals surface area contributed by atoms with E-state index in [2.05, 4.69) is 42.2 Å². The number of amidine groups is 1. The van der Waals surface area contributed by atoms with Crippen molar-refractivity contribution in [1.29, 1.82) is 0 Å². The number of rotatable bonds is 4. The van der Waals surface area contributed by atoms with E-state index < -0.39 is 0 Å². The molecular weight excluding hydrogens is 282 g/mol. The highest BCUT2D eigenvalue weighted by Gasteiger charge is 2.31. The molecule has 1 aliphatic rings. The van der Waals surface area contributed by atoms with Crippen LogP contribution in [0.25, 0.3) is 0 Å². The lowest BCUT2D eigenvalue weighted by Crippen LogP contribution is -2.30. The lowest BCUT2D eigenvalue weighted by atomic mass is 9.99. The summed E-state index contributed by atoms with van der Waals surface area (Å²) in [6, 6.07) is 6.23. The topological polar surface area (TPSA) is 45.0 Å². The fourth-order valence-corrected chi connectivity index (χ4v) is 3.00. The standard InChI is InChI=1S/C16H21N3OS/c1-5-8-17-18-16-19(15(20)10-21-16)14-9-12(4)6-7-13(14)11(2)3/h6-9,11H,5,10H2,1-4H3/b17-8+,18-16-. The van der Waals surface area contributed by atoms with Crippen molar-refractivity contribution in [2.75, 3.05) is 10.7 Å². The first-order valence-corrected chi connectivity index (χ1v) is 8.19. The van der Waals surface area contributed by atoms with E-state index in [-0.39, 0.29) is 5.91 Å². The van der Waals surface area contributed by atoms with E-state index in [1.165, 1.54) is 11.8 Å². The van der Waals surface area contributed by atoms with Crippen molar-refractivity contribution in [2.45, 2.75) is 40.0 Å². The maximum Gasteiger partial charge on any atom is 0.243 e. The minimum absolute atomic E-state index is 0.0675. The first kappa shape index (κ1) is 15.8. The summed E-state index contributed by atoms with van der Waals surface area (Å²) >= 11 is 1.44. The van der Waals surface area contributed by atoms with Gasteiger partial charge >= 0.3 is 0 Å². The van der Waals surface area contributed by atoms with E-state index in [1.807, 2.05) is 13.8 Å². The monoisotopic (exact) mass is 303 g/mol. The summed E-state index contributed by atoms with van der Waals surface area (Å²) in [4.78, 5) is 14.0. The van der Waals surface area contributed by atoms with Crippen LogP contribution >= 0.6 is 11.8 Å². The molecule has 0 saturated carbocycles. The third kappa shape index (κ3) is 3.53. The molecule has 1 saturated heterocycles. The van der Waals surface area contributed by atoms with Crippen LogP contribution in [0.2, 0.25) is 0 Å². The Morgan fingerprint density at radius 3 is 2.86 bits per heavy atom. The molecule has 1 heterocycles. The molecule has 0 radical (unpaired) electrons. The lowest BCUT2D eigenvalue weighted by Gasteiger charge is -2.21. The zero-order valence-electron chi connectivity index (χ0n) is 13.0. The number of hydrogen-bond donors (Lipinski definition) is 0. The molecule has 0 unspecified atom stereocenters. The van der Waals surface area contributed by atoms with Crippen LogP contribution in [0.3, 0.4) is 0 Å². The number of hydrogen-bond acceptors (Lipinski definition) is 4. The molecule has 4 nitrogen and oxygen atoms in total. The van der Waals surface area contributed by atoms with Gasteiger partial charge < -0.3 is 0 Å². The molecule has 5 heteroatoms. The SMILES string of the molecule is CC/C=N/N=C1\SCC(=O)N1c1cc(C)ccc1C(C)C. The second-order valence-electron chi connectivity index (χ2n) is 5.32. The molecule has 1 aromatic carbocycles. The molecule has 0 N–H and O–H groups in total. The van der Waals surface area contributed by atoms with Gasteiger partial charge in [-0.15, -0.1) is 5.10 Å². The second-order valence-corrected chi connectivity index (χ2v) is 6.27. The molecule has 112 valence electrons. The minimum atomic E-state index is 0.0675. The molecule has 0 aromatic heterocycles. The highest BCUT2D eigenvalue weighted by molar-refractivity contribution is 8.15. The molecule has 1 amide bonds. The van der Waals surface area contributed by atoms with Gasteiger partial charge in [0.25, 0.3) is 0 Å². The quantitative estimate of drug-likeness (QED) is 0.624. The van der Waals surface area contributed by atoms with Crippen LogP contribution < -0.4 is 4.90 Å². The Balaban J connectivity index is 2.47. The third-order valence-corrected chi connectivity index (χ3v) is 4.14. The van der Waals surface area contributed by atoms with Crippen LogP contribution in [0.5, 0.6) is 0 Å². The Bertz CT molecular complexity index is 593. The van der Waals surface area contributed by atoms with E-state index >= 15 is 0 Å². The first-order valence-electron chi connectivity index (χ1n) is 7.20. The highest BCUT2D eigenvalue weighted by atomic mass is 32.2. The Hall–Kier alpha value is -1.62. The number of carbonyl (C=O) groups excluding carboxylic acids is 1. The van der Waals surface area contributed by atoms with Gasteiger partial charge in [0.2, 0.25) is 5.91 Å². The van der Waals surface area contributed by atoms with Gasteiger partial charge in [0.1, 0.15) is 0 Å². The minimum Gasteiger partial charge on any atom is -0.273 e. The average Bonchev–Trinajstić information content (AvgIpc) is 2.79. The zero-order chi connectivity index (χ0) is 15.4. The lowest BCUT2D eigenvalue weighted by molar-refractivity contribution is -0.115. The van der Waals surface area contributed by atoms with E-state index in [9.17, 15) is 4.79 Å². The number of aryl methyl sites for hydroxylation is 1. The normalized spacial score (nSPS) is 17.7. The summed E-state index contributed by atoms with van der Waals surface area (Å²) in [5, 5.41) is 8.90. The molecular formula is C16H21N3OS. The van der Waals surface area contributed by atoms with Crippen molar-refractivity contribution in [2.24, 2.45) is 10.2 Å². The van der Waals surface area contributed by atoms with Crippen LogP contribution in [0.4, 0.5) is 5.69 Å². The zero-order valence-corrected chi connectivity index (χ0v) is 13.8. The van der Waals surface area contributed by atoms with Gasteiger partial charge in [-0.1, -0.05) is 44.7 Å². The van der Waals surface area contributed by atoms with Gasteiger partial charge in [-0.25, -0.2) is 0 Å². The predicted octanol–water partition coefficient (Wildman–Crippen LogP) is 3.95. The fourth-order valence-electron chi connectivity index (χ4n) is 2.18. The number of anilines is 1. The fraction of sp³-hybridized carbons (Fsp3) is 0.438. The van der Waals surface area contributed by atoms with E-state index in [0.717, 1.165) is 23.2 Å². The van der Waals surface area contributed by atoms with Crippen LogP contribution in [0.15, 0.2) is 28.4 Å². The number of thioether (sulfide) groups is 1. The van der Waals surface area contributed by atoms with Crippen LogP contribution in [0, 0.1) is 6.92 Å². The van der Waals surface area contributed by atoms with Gasteiger partial charge in [0.15, 0.2) is 5.17 Å². The van der Waals surface area contributed by atoms with Gasteiger partial charge in [0, 0.05) is 6.21 Å². The molecule has 1 fully saturated rings. The largest absolute Gasteiger partial charge is 0.273 e. The molecule has 21 heavy (non-hydrogen) atoms. The van der Waals surface area contributed by atoms with Gasteiger partial charge in [-0.2, -0.15) is 5.10 Å². The highest BCUT2D eigenvalue weighted by Crippen LogP contribution is 2.34. The summed E-state index contributed by atoms with van der Waals surface area (Å²) in [7, 11) is 0. The maximum atomic E-state index is 12.3. The van der Waals surface area contributed by atoms with Crippen molar-refractivity contribution in [3.8, 4) is 0 Å². The number of amides is 1. The number of benzene rings is 1. The number of carbonyl (C=O) groups is 1. The molecule has 1 aliphatic heterocycles. The van der Waals surface area contributed by atoms with Crippen LogP contribution in [-0.2, 0) is 4.79 Å². The summed E-state index contributed by atoms with van der Waals surface area (Å²) in [6.07, 6.45) is 2.57. The average molecular weight is 303 g/mol. The summed E-state index contributed by atoms with van der Waals surface area (Å²) in [5.41, 5.74) is 3.23. The predicted molar refractivity (Wildman–Crippen MR) is 91.4 cm³/mol. The van der Waals surface area contributed by atoms with Crippen LogP contribution in [-0.4, -0.2) is 23.0 Å². The molecule has 0 bridgehead atoms. The summed E-state index contributed by atoms with van der Waals surface area (Å²) in [6.45, 7) is 8.31. The Labute approximate surface area is 130 Å². The van der Waals surface area contributed by atoms with Gasteiger partial charge in [-0.3, -0.25) is 9.69 Å². The first-order chi connectivity index (χ1) is 10.0. The van der Waals surface area contributed by atoms with Gasteiger partial charge in [-0.05, 0) is 36.5 Å². The molecule has 0 aliphatic carbocycles. The molecule has 1 aromatic rings. The summed E-state index contributed by atoms with van der Waals surface area (Å²) in [5.74, 6) is 0.837. The third-order valence-electron chi connectivity index (χ3n) is 3.22. The van der Waals surface area contributed by atoms with Crippen LogP contribution in [0.1, 0.15) is 44.2 Å². The Morgan fingerprint density at radius 1 is 1.43 bits per heavy atom. The Kier molecular flexibility index (Phi) is 5.17. The Morgan fingerprint density at radius 2 is 2.19 bits per heavy atom. The van der Waals surface area contributed by atoms with Crippen molar-refractivity contribution in [1.82, 2.24) is 0 Å².